The lowest BCUT2D eigenvalue weighted by Crippen LogP contribution is -2.26. The van der Waals surface area contributed by atoms with Gasteiger partial charge in [-0.25, -0.2) is 0 Å². The molecule has 1 fully saturated rings. The first kappa shape index (κ1) is 26.7. The van der Waals surface area contributed by atoms with E-state index in [9.17, 15) is 4.79 Å². The van der Waals surface area contributed by atoms with Gasteiger partial charge in [0.25, 0.3) is 5.91 Å². The summed E-state index contributed by atoms with van der Waals surface area (Å²) in [5.74, 6) is 1.91. The van der Waals surface area contributed by atoms with Crippen molar-refractivity contribution in [2.45, 2.75) is 12.8 Å². The van der Waals surface area contributed by atoms with Crippen LogP contribution in [0.5, 0.6) is 11.5 Å². The van der Waals surface area contributed by atoms with Crippen LogP contribution in [0.2, 0.25) is 0 Å². The monoisotopic (exact) mass is 521 g/mol. The van der Waals surface area contributed by atoms with Crippen molar-refractivity contribution in [1.82, 2.24) is 15.2 Å². The molecule has 0 saturated carbocycles. The first-order valence-electron chi connectivity index (χ1n) is 12.5. The highest BCUT2D eigenvalue weighted by Gasteiger charge is 2.17. The number of hydrogen-bond acceptors (Lipinski definition) is 6. The number of nitrogens with one attached hydrogen (secondary N) is 2. The molecule has 196 valence electrons. The van der Waals surface area contributed by atoms with E-state index in [4.69, 9.17) is 14.2 Å². The van der Waals surface area contributed by atoms with E-state index in [2.05, 4.69) is 17.2 Å². The Bertz CT molecular complexity index is 1250. The zero-order chi connectivity index (χ0) is 26.0. The number of methoxy groups -OCH3 is 1. The van der Waals surface area contributed by atoms with Crippen LogP contribution < -0.4 is 20.1 Å². The number of nitrogens with zero attached hydrogens (tertiary/aromatic N) is 1. The second-order valence-corrected chi connectivity index (χ2v) is 9.98. The van der Waals surface area contributed by atoms with Gasteiger partial charge >= 0.3 is 0 Å². The molecule has 1 saturated heterocycles. The number of ether oxygens (including phenoxy) is 3. The highest BCUT2D eigenvalue weighted by Crippen LogP contribution is 2.25. The molecule has 0 aliphatic carbocycles. The number of fused-ring (bicyclic) bond motifs is 1. The van der Waals surface area contributed by atoms with E-state index < -0.39 is 0 Å². The van der Waals surface area contributed by atoms with Gasteiger partial charge in [0.05, 0.1) is 16.8 Å². The summed E-state index contributed by atoms with van der Waals surface area (Å²) in [6.07, 6.45) is 7.66. The number of hydrogen-bond donors (Lipinski definition) is 2. The summed E-state index contributed by atoms with van der Waals surface area (Å²) in [4.78, 5) is 13.1. The number of amides is 1. The molecule has 1 aliphatic rings. The average Bonchev–Trinajstić information content (AvgIpc) is 3.66. The molecule has 0 bridgehead atoms. The third kappa shape index (κ3) is 7.35. The third-order valence-corrected chi connectivity index (χ3v) is 7.15. The van der Waals surface area contributed by atoms with Crippen molar-refractivity contribution >= 4 is 27.5 Å². The number of carbonyl (C=O) groups excluding carboxylic acids is 1. The minimum absolute atomic E-state index is 0.192. The highest BCUT2D eigenvalue weighted by atomic mass is 32.1. The molecule has 1 aromatic carbocycles. The number of aryl methyl sites for hydroxylation is 1. The van der Waals surface area contributed by atoms with Crippen LogP contribution in [0.15, 0.2) is 77.9 Å². The Hall–Kier alpha value is -3.33. The molecule has 8 heteroatoms. The summed E-state index contributed by atoms with van der Waals surface area (Å²) in [7, 11) is 3.57. The van der Waals surface area contributed by atoms with Crippen LogP contribution in [0, 0.1) is 5.92 Å². The van der Waals surface area contributed by atoms with E-state index in [0.717, 1.165) is 48.5 Å². The Labute approximate surface area is 222 Å². The molecule has 0 unspecified atom stereocenters. The molecule has 0 radical (unpaired) electrons. The summed E-state index contributed by atoms with van der Waals surface area (Å²) < 4.78 is 19.9. The summed E-state index contributed by atoms with van der Waals surface area (Å²) in [5, 5.41) is 8.40. The molecule has 3 heterocycles. The van der Waals surface area contributed by atoms with Crippen molar-refractivity contribution in [2.75, 3.05) is 40.0 Å². The maximum Gasteiger partial charge on any atom is 0.272 e. The van der Waals surface area contributed by atoms with E-state index in [0.29, 0.717) is 35.2 Å². The summed E-state index contributed by atoms with van der Waals surface area (Å²) in [5.41, 5.74) is 2.90. The summed E-state index contributed by atoms with van der Waals surface area (Å²) >= 11 is 1.61. The number of aromatic nitrogens is 1. The van der Waals surface area contributed by atoms with E-state index in [1.807, 2.05) is 71.6 Å². The van der Waals surface area contributed by atoms with E-state index in [1.54, 1.807) is 18.4 Å². The Morgan fingerprint density at radius 1 is 1.24 bits per heavy atom. The summed E-state index contributed by atoms with van der Waals surface area (Å²) in [6.45, 7) is 7.83. The molecule has 2 N–H and O–H groups in total. The third-order valence-electron chi connectivity index (χ3n) is 6.30. The molecule has 7 nitrogen and oxygen atoms in total. The zero-order valence-electron chi connectivity index (χ0n) is 21.5. The van der Waals surface area contributed by atoms with Crippen molar-refractivity contribution < 1.29 is 19.0 Å². The van der Waals surface area contributed by atoms with E-state index >= 15 is 0 Å². The molecule has 1 atom stereocenters. The van der Waals surface area contributed by atoms with Gasteiger partial charge in [-0.05, 0) is 67.2 Å². The van der Waals surface area contributed by atoms with Crippen molar-refractivity contribution in [2.24, 2.45) is 13.0 Å². The normalized spacial score (nSPS) is 15.9. The molecule has 37 heavy (non-hydrogen) atoms. The first-order valence-corrected chi connectivity index (χ1v) is 13.4. The molecular formula is C29H35N3O4S. The van der Waals surface area contributed by atoms with Gasteiger partial charge in [0.15, 0.2) is 0 Å². The standard InChI is InChI=1S/C29H35N3O4S/c1-21(19-35-23-8-10-24(11-9-23)36-20-22-12-14-30-18-22)25(7-5-4-6-15-34-3)31-29(33)27-17-28-26(32(27)2)13-16-37-28/h4-5,7-11,13,16-17,22,30H,1,6,12,14-15,18-20H2,2-3H3,(H,31,33)/b5-4-,25-7+/t22-/m1/s1. The minimum Gasteiger partial charge on any atom is -0.493 e. The zero-order valence-corrected chi connectivity index (χ0v) is 22.3. The second kappa shape index (κ2) is 13.3. The van der Waals surface area contributed by atoms with Crippen LogP contribution in [0.3, 0.4) is 0 Å². The van der Waals surface area contributed by atoms with Crippen LogP contribution in [-0.2, 0) is 11.8 Å². The largest absolute Gasteiger partial charge is 0.493 e. The van der Waals surface area contributed by atoms with Gasteiger partial charge in [0, 0.05) is 44.5 Å². The lowest BCUT2D eigenvalue weighted by Gasteiger charge is -2.15. The SMILES string of the molecule is C=C(COc1ccc(OC[C@@H]2CCNC2)cc1)/C(=C\C=C/CCOC)NC(=O)c1cc2sccc2n1C. The molecule has 0 spiro atoms. The van der Waals surface area contributed by atoms with Gasteiger partial charge in [-0.2, -0.15) is 0 Å². The lowest BCUT2D eigenvalue weighted by molar-refractivity contribution is 0.0958. The minimum atomic E-state index is -0.192. The van der Waals surface area contributed by atoms with Crippen molar-refractivity contribution in [3.05, 3.63) is 83.5 Å². The maximum atomic E-state index is 13.1. The maximum absolute atomic E-state index is 13.1. The highest BCUT2D eigenvalue weighted by molar-refractivity contribution is 7.17. The van der Waals surface area contributed by atoms with Gasteiger partial charge < -0.3 is 29.4 Å². The van der Waals surface area contributed by atoms with Crippen LogP contribution in [0.25, 0.3) is 10.2 Å². The topological polar surface area (TPSA) is 73.8 Å². The number of benzene rings is 1. The lowest BCUT2D eigenvalue weighted by atomic mass is 10.1. The number of carbonyl (C=O) groups is 1. The second-order valence-electron chi connectivity index (χ2n) is 9.04. The predicted octanol–water partition coefficient (Wildman–Crippen LogP) is 5.07. The van der Waals surface area contributed by atoms with Crippen LogP contribution in [-0.4, -0.2) is 50.5 Å². The molecule has 4 rings (SSSR count). The predicted molar refractivity (Wildman–Crippen MR) is 150 cm³/mol. The van der Waals surface area contributed by atoms with E-state index in [1.165, 1.54) is 0 Å². The van der Waals surface area contributed by atoms with E-state index in [-0.39, 0.29) is 12.5 Å². The molecule has 2 aromatic heterocycles. The van der Waals surface area contributed by atoms with Crippen LogP contribution in [0.4, 0.5) is 0 Å². The smallest absolute Gasteiger partial charge is 0.272 e. The fourth-order valence-corrected chi connectivity index (χ4v) is 4.95. The average molecular weight is 522 g/mol. The van der Waals surface area contributed by atoms with Crippen molar-refractivity contribution in [1.29, 1.82) is 0 Å². The van der Waals surface area contributed by atoms with Gasteiger partial charge in [0.1, 0.15) is 23.8 Å². The Kier molecular flexibility index (Phi) is 9.59. The van der Waals surface area contributed by atoms with Crippen molar-refractivity contribution in [3.8, 4) is 11.5 Å². The first-order chi connectivity index (χ1) is 18.0. The van der Waals surface area contributed by atoms with Crippen LogP contribution in [0.1, 0.15) is 23.3 Å². The van der Waals surface area contributed by atoms with Crippen molar-refractivity contribution in [3.63, 3.8) is 0 Å². The molecular weight excluding hydrogens is 486 g/mol. The van der Waals surface area contributed by atoms with Crippen LogP contribution >= 0.6 is 11.3 Å². The number of rotatable bonds is 13. The van der Waals surface area contributed by atoms with Gasteiger partial charge in [0.2, 0.25) is 0 Å². The molecule has 1 amide bonds. The molecule has 3 aromatic rings. The Morgan fingerprint density at radius 3 is 2.73 bits per heavy atom. The Morgan fingerprint density at radius 2 is 2.03 bits per heavy atom. The van der Waals surface area contributed by atoms with Gasteiger partial charge in [-0.3, -0.25) is 4.79 Å². The molecule has 1 aliphatic heterocycles. The fourth-order valence-electron chi connectivity index (χ4n) is 4.10. The summed E-state index contributed by atoms with van der Waals surface area (Å²) in [6, 6.07) is 11.5. The van der Waals surface area contributed by atoms with Gasteiger partial charge in [-0.1, -0.05) is 18.7 Å². The quantitative estimate of drug-likeness (QED) is 0.243. The number of thiophene rings is 1. The van der Waals surface area contributed by atoms with Gasteiger partial charge in [-0.15, -0.1) is 11.3 Å². The fraction of sp³-hybridized carbons (Fsp3) is 0.345. The number of allylic oxidation sites excluding steroid dienone is 2. The Balaban J connectivity index is 1.37.